The molecule has 0 bridgehead atoms. The maximum Gasteiger partial charge on any atom is 0.326 e. The van der Waals surface area contributed by atoms with Crippen molar-refractivity contribution in [2.45, 2.75) is 40.8 Å². The number of amides is 2. The molecular weight excluding hydrogens is 595 g/mol. The number of benzene rings is 2. The maximum absolute atomic E-state index is 13.5. The number of carboxylic acids is 1. The van der Waals surface area contributed by atoms with Gasteiger partial charge in [-0.2, -0.15) is 0 Å². The monoisotopic (exact) mass is 629 g/mol. The van der Waals surface area contributed by atoms with Crippen molar-refractivity contribution in [3.05, 3.63) is 84.7 Å². The molecule has 1 fully saturated rings. The fourth-order valence-electron chi connectivity index (χ4n) is 4.24. The van der Waals surface area contributed by atoms with E-state index >= 15 is 0 Å². The zero-order valence-electron chi connectivity index (χ0n) is 23.1. The molecule has 6 N–H and O–H groups in total. The van der Waals surface area contributed by atoms with Gasteiger partial charge in [0.2, 0.25) is 5.91 Å². The fraction of sp³-hybridized carbons (Fsp3) is 0.310. The van der Waals surface area contributed by atoms with Crippen LogP contribution in [0.2, 0.25) is 0 Å². The SMILES string of the molecule is CSC(C[C@@H](C(=O)O)N(CN)C(=O)c1ccccc1-c1ccccc1)S(=O)Sc1cccnc1.NC[C@@H]1CCC(=O)N1. The summed E-state index contributed by atoms with van der Waals surface area (Å²) in [5, 5.41) is 12.7. The van der Waals surface area contributed by atoms with Gasteiger partial charge in [0.25, 0.3) is 5.91 Å². The van der Waals surface area contributed by atoms with Crippen LogP contribution >= 0.6 is 22.6 Å². The van der Waals surface area contributed by atoms with Gasteiger partial charge >= 0.3 is 5.97 Å². The second-order valence-electron chi connectivity index (χ2n) is 9.20. The summed E-state index contributed by atoms with van der Waals surface area (Å²) in [6, 6.07) is 19.0. The number of carbonyl (C=O) groups excluding carboxylic acids is 2. The van der Waals surface area contributed by atoms with E-state index in [1.165, 1.54) is 11.8 Å². The van der Waals surface area contributed by atoms with Crippen LogP contribution in [0, 0.1) is 0 Å². The Morgan fingerprint density at radius 1 is 1.12 bits per heavy atom. The molecule has 224 valence electrons. The average Bonchev–Trinajstić information content (AvgIpc) is 3.45. The first kappa shape index (κ1) is 33.3. The quantitative estimate of drug-likeness (QED) is 0.172. The van der Waals surface area contributed by atoms with Crippen LogP contribution in [0.5, 0.6) is 0 Å². The van der Waals surface area contributed by atoms with Crippen LogP contribution in [-0.4, -0.2) is 73.1 Å². The van der Waals surface area contributed by atoms with Gasteiger partial charge in [-0.15, -0.1) is 11.8 Å². The zero-order chi connectivity index (χ0) is 30.5. The molecule has 2 heterocycles. The van der Waals surface area contributed by atoms with Crippen molar-refractivity contribution in [2.24, 2.45) is 11.5 Å². The molecule has 4 atom stereocenters. The van der Waals surface area contributed by atoms with Gasteiger partial charge in [-0.25, -0.2) is 9.00 Å². The average molecular weight is 630 g/mol. The highest BCUT2D eigenvalue weighted by molar-refractivity contribution is 8.70. The molecule has 2 amide bonds. The predicted molar refractivity (Wildman–Crippen MR) is 169 cm³/mol. The topological polar surface area (TPSA) is 169 Å². The van der Waals surface area contributed by atoms with Crippen molar-refractivity contribution < 1.29 is 23.7 Å². The van der Waals surface area contributed by atoms with Gasteiger partial charge in [0.15, 0.2) is 0 Å². The molecule has 0 spiro atoms. The molecule has 1 aliphatic rings. The van der Waals surface area contributed by atoms with Crippen molar-refractivity contribution in [1.82, 2.24) is 15.2 Å². The van der Waals surface area contributed by atoms with Crippen molar-refractivity contribution >= 4 is 50.2 Å². The number of aliphatic carboxylic acids is 1. The number of carbonyl (C=O) groups is 3. The standard InChI is InChI=1S/C24H25N3O4S3.C5H10N2O/c1-32-22(34(31)33-18-10-7-13-26-15-18)14-21(24(29)30)27(16-25)23(28)20-12-6-5-11-19(20)17-8-3-2-4-9-17;6-3-4-1-2-5(8)7-4/h2-13,15,21-22H,14,16,25H2,1H3,(H,29,30);4H,1-3,6H2,(H,7,8)/t21-,22?,34?;4-/m00/s1. The van der Waals surface area contributed by atoms with E-state index < -0.39 is 32.3 Å². The van der Waals surface area contributed by atoms with Crippen LogP contribution in [0.4, 0.5) is 0 Å². The van der Waals surface area contributed by atoms with Crippen molar-refractivity contribution in [3.63, 3.8) is 0 Å². The van der Waals surface area contributed by atoms with Crippen molar-refractivity contribution in [3.8, 4) is 11.1 Å². The smallest absolute Gasteiger partial charge is 0.326 e. The lowest BCUT2D eigenvalue weighted by atomic mass is 9.98. The van der Waals surface area contributed by atoms with E-state index in [2.05, 4.69) is 10.3 Å². The highest BCUT2D eigenvalue weighted by atomic mass is 33.1. The van der Waals surface area contributed by atoms with E-state index in [0.717, 1.165) is 32.6 Å². The molecule has 1 saturated heterocycles. The van der Waals surface area contributed by atoms with E-state index in [1.807, 2.05) is 42.5 Å². The number of pyridine rings is 1. The number of aromatic nitrogens is 1. The van der Waals surface area contributed by atoms with E-state index in [9.17, 15) is 23.7 Å². The Hall–Kier alpha value is -3.23. The minimum absolute atomic E-state index is 0.0210. The third kappa shape index (κ3) is 9.39. The zero-order valence-corrected chi connectivity index (χ0v) is 25.6. The number of carboxylic acid groups (broad SMARTS) is 1. The van der Waals surface area contributed by atoms with Crippen LogP contribution in [-0.2, 0) is 19.4 Å². The lowest BCUT2D eigenvalue weighted by molar-refractivity contribution is -0.142. The number of nitrogens with zero attached hydrogens (tertiary/aromatic N) is 2. The first-order valence-corrected chi connectivity index (χ1v) is 17.0. The molecule has 0 radical (unpaired) electrons. The summed E-state index contributed by atoms with van der Waals surface area (Å²) in [7, 11) is -0.344. The Morgan fingerprint density at radius 2 is 1.83 bits per heavy atom. The van der Waals surface area contributed by atoms with Gasteiger partial charge in [-0.1, -0.05) is 48.5 Å². The molecule has 2 aromatic carbocycles. The summed E-state index contributed by atoms with van der Waals surface area (Å²) in [5.74, 6) is -1.54. The number of nitrogens with two attached hydrogens (primary N) is 2. The van der Waals surface area contributed by atoms with Crippen molar-refractivity contribution in [1.29, 1.82) is 0 Å². The number of nitrogens with one attached hydrogen (secondary N) is 1. The molecule has 4 rings (SSSR count). The molecule has 13 heteroatoms. The molecule has 1 aliphatic heterocycles. The summed E-state index contributed by atoms with van der Waals surface area (Å²) in [4.78, 5) is 42.1. The number of thioether (sulfide) groups is 1. The number of hydrogen-bond acceptors (Lipinski definition) is 9. The first-order valence-electron chi connectivity index (χ1n) is 13.2. The summed E-state index contributed by atoms with van der Waals surface area (Å²) < 4.78 is 12.4. The summed E-state index contributed by atoms with van der Waals surface area (Å²) in [5.41, 5.74) is 13.1. The van der Waals surface area contributed by atoms with E-state index in [-0.39, 0.29) is 25.0 Å². The third-order valence-corrected chi connectivity index (χ3v) is 11.6. The van der Waals surface area contributed by atoms with Gasteiger partial charge in [-0.05, 0) is 52.8 Å². The van der Waals surface area contributed by atoms with Gasteiger partial charge in [0, 0.05) is 48.3 Å². The Kier molecular flexibility index (Phi) is 13.5. The Bertz CT molecular complexity index is 1350. The van der Waals surface area contributed by atoms with E-state index in [4.69, 9.17) is 11.5 Å². The molecule has 42 heavy (non-hydrogen) atoms. The van der Waals surface area contributed by atoms with Crippen LogP contribution in [0.3, 0.4) is 0 Å². The molecule has 1 aromatic heterocycles. The second-order valence-corrected chi connectivity index (χ2v) is 13.7. The first-order chi connectivity index (χ1) is 20.3. The molecule has 0 aliphatic carbocycles. The van der Waals surface area contributed by atoms with Crippen LogP contribution in [0.1, 0.15) is 29.6 Å². The molecule has 0 saturated carbocycles. The van der Waals surface area contributed by atoms with Crippen LogP contribution < -0.4 is 16.8 Å². The number of rotatable bonds is 12. The minimum Gasteiger partial charge on any atom is -0.480 e. The summed E-state index contributed by atoms with van der Waals surface area (Å²) >= 11 is 1.29. The summed E-state index contributed by atoms with van der Waals surface area (Å²) in [6.07, 6.45) is 6.54. The van der Waals surface area contributed by atoms with Gasteiger partial charge in [0.05, 0.1) is 21.1 Å². The van der Waals surface area contributed by atoms with Crippen LogP contribution in [0.25, 0.3) is 11.1 Å². The Labute approximate surface area is 255 Å². The highest BCUT2D eigenvalue weighted by Gasteiger charge is 2.34. The third-order valence-electron chi connectivity index (χ3n) is 6.44. The minimum atomic E-state index is -1.46. The van der Waals surface area contributed by atoms with E-state index in [1.54, 1.807) is 42.9 Å². The van der Waals surface area contributed by atoms with Gasteiger partial charge < -0.3 is 26.8 Å². The molecule has 10 nitrogen and oxygen atoms in total. The largest absolute Gasteiger partial charge is 0.480 e. The molecule has 3 aromatic rings. The Morgan fingerprint density at radius 3 is 2.38 bits per heavy atom. The lowest BCUT2D eigenvalue weighted by Gasteiger charge is -2.30. The normalized spacial score (nSPS) is 16.4. The lowest BCUT2D eigenvalue weighted by Crippen LogP contribution is -2.49. The van der Waals surface area contributed by atoms with Crippen LogP contribution in [0.15, 0.2) is 84.0 Å². The fourth-order valence-corrected chi connectivity index (χ4v) is 8.60. The highest BCUT2D eigenvalue weighted by Crippen LogP contribution is 2.32. The Balaban J connectivity index is 0.000000521. The second kappa shape index (κ2) is 17.0. The molecular formula is C29H35N5O5S3. The maximum atomic E-state index is 13.5. The summed E-state index contributed by atoms with van der Waals surface area (Å²) in [6.45, 7) is 0.286. The van der Waals surface area contributed by atoms with Crippen molar-refractivity contribution in [2.75, 3.05) is 19.5 Å². The van der Waals surface area contributed by atoms with Gasteiger partial charge in [-0.3, -0.25) is 14.6 Å². The van der Waals surface area contributed by atoms with E-state index in [0.29, 0.717) is 24.1 Å². The molecule has 2 unspecified atom stereocenters. The van der Waals surface area contributed by atoms with Gasteiger partial charge in [0.1, 0.15) is 6.04 Å². The number of hydrogen-bond donors (Lipinski definition) is 4. The predicted octanol–water partition coefficient (Wildman–Crippen LogP) is 3.32.